The zero-order chi connectivity index (χ0) is 66.6. The Balaban J connectivity index is 1.63. The number of unbranched alkanes of at least 4 members (excludes halogenated alkanes) is 37. The van der Waals surface area contributed by atoms with Crippen LogP contribution in [0.5, 0.6) is 0 Å². The second-order valence-electron chi connectivity index (χ2n) is 26.4. The van der Waals surface area contributed by atoms with E-state index in [0.29, 0.717) is 6.42 Å². The van der Waals surface area contributed by atoms with Crippen molar-refractivity contribution < 1.29 is 64.6 Å². The molecule has 0 aromatic carbocycles. The predicted molar refractivity (Wildman–Crippen MR) is 378 cm³/mol. The molecule has 9 N–H and O–H groups in total. The van der Waals surface area contributed by atoms with Crippen LogP contribution in [0.4, 0.5) is 0 Å². The minimum atomic E-state index is -1.79. The topological polar surface area (TPSA) is 228 Å². The van der Waals surface area contributed by atoms with Gasteiger partial charge in [-0.1, -0.05) is 317 Å². The largest absolute Gasteiger partial charge is 0.394 e. The van der Waals surface area contributed by atoms with Crippen molar-refractivity contribution in [3.05, 3.63) is 85.1 Å². The first-order valence-electron chi connectivity index (χ1n) is 37.8. The Bertz CT molecular complexity index is 1870. The molecule has 0 radical (unpaired) electrons. The third-order valence-electron chi connectivity index (χ3n) is 18.1. The zero-order valence-corrected chi connectivity index (χ0v) is 58.3. The molecule has 1 amide bonds. The van der Waals surface area contributed by atoms with Gasteiger partial charge in [0.1, 0.15) is 48.8 Å². The molecule has 2 fully saturated rings. The molecular weight excluding hydrogens is 1160 g/mol. The van der Waals surface area contributed by atoms with Gasteiger partial charge in [0.25, 0.3) is 0 Å². The lowest BCUT2D eigenvalue weighted by Gasteiger charge is -2.46. The van der Waals surface area contributed by atoms with E-state index in [1.165, 1.54) is 205 Å². The number of aliphatic hydroxyl groups is 8. The summed E-state index contributed by atoms with van der Waals surface area (Å²) in [5.41, 5.74) is 0. The van der Waals surface area contributed by atoms with Crippen LogP contribution in [0.15, 0.2) is 85.1 Å². The van der Waals surface area contributed by atoms with E-state index in [9.17, 15) is 45.6 Å². The summed E-state index contributed by atoms with van der Waals surface area (Å²) in [5.74, 6) is -0.237. The van der Waals surface area contributed by atoms with Crippen LogP contribution in [-0.2, 0) is 23.7 Å². The second-order valence-corrected chi connectivity index (χ2v) is 26.4. The highest BCUT2D eigenvalue weighted by atomic mass is 16.7. The van der Waals surface area contributed by atoms with E-state index in [2.05, 4.69) is 92.1 Å². The van der Waals surface area contributed by atoms with E-state index in [-0.39, 0.29) is 18.9 Å². The zero-order valence-electron chi connectivity index (χ0n) is 58.3. The maximum atomic E-state index is 13.4. The molecule has 0 aromatic heterocycles. The number of amides is 1. The monoisotopic (exact) mass is 1300 g/mol. The first-order valence-corrected chi connectivity index (χ1v) is 37.8. The number of nitrogens with one attached hydrogen (secondary N) is 1. The molecule has 2 aliphatic rings. The van der Waals surface area contributed by atoms with E-state index in [1.807, 2.05) is 6.08 Å². The molecule has 0 spiro atoms. The molecule has 534 valence electrons. The lowest BCUT2D eigenvalue weighted by molar-refractivity contribution is -0.359. The summed E-state index contributed by atoms with van der Waals surface area (Å²) < 4.78 is 22.9. The Kier molecular flexibility index (Phi) is 57.2. The number of aliphatic hydroxyl groups excluding tert-OH is 8. The van der Waals surface area contributed by atoms with Gasteiger partial charge in [0.05, 0.1) is 32.0 Å². The highest BCUT2D eigenvalue weighted by molar-refractivity contribution is 5.76. The van der Waals surface area contributed by atoms with Crippen LogP contribution in [0.2, 0.25) is 0 Å². The van der Waals surface area contributed by atoms with Crippen LogP contribution in [0.1, 0.15) is 309 Å². The lowest BCUT2D eigenvalue weighted by atomic mass is 9.97. The first-order chi connectivity index (χ1) is 45.1. The van der Waals surface area contributed by atoms with Gasteiger partial charge in [-0.25, -0.2) is 0 Å². The summed E-state index contributed by atoms with van der Waals surface area (Å²) in [7, 11) is 0. The fourth-order valence-corrected chi connectivity index (χ4v) is 12.1. The number of rotatable bonds is 62. The molecule has 92 heavy (non-hydrogen) atoms. The Morgan fingerprint density at radius 2 is 0.750 bits per heavy atom. The summed E-state index contributed by atoms with van der Waals surface area (Å²) in [6.07, 6.45) is 69.3. The smallest absolute Gasteiger partial charge is 0.220 e. The van der Waals surface area contributed by atoms with Gasteiger partial charge >= 0.3 is 0 Å². The molecule has 2 rings (SSSR count). The molecule has 2 heterocycles. The molecule has 12 unspecified atom stereocenters. The van der Waals surface area contributed by atoms with Crippen molar-refractivity contribution in [1.82, 2.24) is 5.32 Å². The molecule has 14 nitrogen and oxygen atoms in total. The number of carbonyl (C=O) groups excluding carboxylic acids is 1. The number of hydrogen-bond acceptors (Lipinski definition) is 13. The Hall–Kier alpha value is -2.83. The second kappa shape index (κ2) is 61.7. The molecule has 0 saturated carbocycles. The van der Waals surface area contributed by atoms with Gasteiger partial charge in [0, 0.05) is 6.42 Å². The first kappa shape index (κ1) is 85.3. The van der Waals surface area contributed by atoms with Crippen molar-refractivity contribution in [2.45, 2.75) is 383 Å². The number of carbonyl (C=O) groups is 1. The van der Waals surface area contributed by atoms with Crippen molar-refractivity contribution in [2.75, 3.05) is 19.8 Å². The van der Waals surface area contributed by atoms with Crippen LogP contribution < -0.4 is 5.32 Å². The van der Waals surface area contributed by atoms with Gasteiger partial charge < -0.3 is 65.1 Å². The van der Waals surface area contributed by atoms with E-state index in [4.69, 9.17) is 18.9 Å². The fraction of sp³-hybridized carbons (Fsp3) is 0.808. The SMILES string of the molecule is CC/C=C\C/C=C\C/C=C\C/C=C\C/C=C\C/C=C\CCCCCCCCCCCCCCCCCCC(=O)NC(COC1OC(CO)C(OC2OC(CO)C(O)C(O)C2O)C(O)C1O)C(O)/C=C/CCCCCCCCCCCCCCCCCCCCCCC. The number of hydrogen-bond donors (Lipinski definition) is 9. The quantitative estimate of drug-likeness (QED) is 0.0204. The van der Waals surface area contributed by atoms with E-state index in [0.717, 1.165) is 77.0 Å². The maximum Gasteiger partial charge on any atom is 0.220 e. The van der Waals surface area contributed by atoms with Gasteiger partial charge in [-0.15, -0.1) is 0 Å². The van der Waals surface area contributed by atoms with Gasteiger partial charge in [-0.3, -0.25) is 4.79 Å². The average molecular weight is 1300 g/mol. The molecule has 0 aromatic rings. The average Bonchev–Trinajstić information content (AvgIpc) is 0.830. The third kappa shape index (κ3) is 44.8. The van der Waals surface area contributed by atoms with Gasteiger partial charge in [-0.05, 0) is 70.6 Å². The Labute approximate surface area is 561 Å². The molecule has 2 aliphatic heterocycles. The Morgan fingerprint density at radius 3 is 1.15 bits per heavy atom. The molecule has 2 saturated heterocycles. The highest BCUT2D eigenvalue weighted by Crippen LogP contribution is 2.30. The number of allylic oxidation sites excluding steroid dienone is 13. The molecule has 12 atom stereocenters. The van der Waals surface area contributed by atoms with Gasteiger partial charge in [-0.2, -0.15) is 0 Å². The standard InChI is InChI=1S/C78H139NO13/c1-3-5-7-9-11-13-15-17-19-21-23-25-27-28-29-30-31-32-33-34-35-36-37-38-40-42-44-46-48-50-52-54-56-58-60-62-70(83)79-66(65-89-77-75(88)73(86)76(69(64-81)91-77)92-78-74(87)72(85)71(84)68(63-80)90-78)67(82)61-59-57-55-53-51-49-47-45-43-41-39-26-24-22-20-18-16-14-12-10-8-6-4-2/h5,7,11,13,17,19,23,25,28-29,31-32,59,61,66-69,71-78,80-82,84-88H,3-4,6,8-10,12,14-16,18,20-22,24,26-27,30,33-58,60,62-65H2,1-2H3,(H,79,83)/b7-5-,13-11-,19-17-,25-23-,29-28-,32-31-,61-59+. The third-order valence-corrected chi connectivity index (χ3v) is 18.1. The van der Waals surface area contributed by atoms with Crippen molar-refractivity contribution >= 4 is 5.91 Å². The summed E-state index contributed by atoms with van der Waals surface area (Å²) in [6, 6.07) is -0.919. The summed E-state index contributed by atoms with van der Waals surface area (Å²) in [6.45, 7) is 2.72. The molecule has 0 aliphatic carbocycles. The molecule has 14 heteroatoms. The van der Waals surface area contributed by atoms with Crippen LogP contribution in [-0.4, -0.2) is 140 Å². The predicted octanol–water partition coefficient (Wildman–Crippen LogP) is 16.4. The van der Waals surface area contributed by atoms with Crippen LogP contribution in [0.3, 0.4) is 0 Å². The number of ether oxygens (including phenoxy) is 4. The molecular formula is C78H139NO13. The van der Waals surface area contributed by atoms with Crippen molar-refractivity contribution in [3.8, 4) is 0 Å². The van der Waals surface area contributed by atoms with Crippen LogP contribution >= 0.6 is 0 Å². The highest BCUT2D eigenvalue weighted by Gasteiger charge is 2.51. The Morgan fingerprint density at radius 1 is 0.402 bits per heavy atom. The van der Waals surface area contributed by atoms with Gasteiger partial charge in [0.2, 0.25) is 5.91 Å². The van der Waals surface area contributed by atoms with Gasteiger partial charge in [0.15, 0.2) is 12.6 Å². The minimum Gasteiger partial charge on any atom is -0.394 e. The van der Waals surface area contributed by atoms with Crippen molar-refractivity contribution in [1.29, 1.82) is 0 Å². The van der Waals surface area contributed by atoms with E-state index < -0.39 is 86.8 Å². The lowest BCUT2D eigenvalue weighted by Crippen LogP contribution is -2.65. The van der Waals surface area contributed by atoms with E-state index >= 15 is 0 Å². The normalized spacial score (nSPS) is 23.2. The van der Waals surface area contributed by atoms with Crippen molar-refractivity contribution in [2.24, 2.45) is 0 Å². The van der Waals surface area contributed by atoms with E-state index in [1.54, 1.807) is 6.08 Å². The van der Waals surface area contributed by atoms with Crippen molar-refractivity contribution in [3.63, 3.8) is 0 Å². The fourth-order valence-electron chi connectivity index (χ4n) is 12.1. The summed E-state index contributed by atoms with van der Waals surface area (Å²) in [5, 5.41) is 87.6. The van der Waals surface area contributed by atoms with Crippen LogP contribution in [0, 0.1) is 0 Å². The molecule has 0 bridgehead atoms. The summed E-state index contributed by atoms with van der Waals surface area (Å²) in [4.78, 5) is 13.4. The van der Waals surface area contributed by atoms with Crippen LogP contribution in [0.25, 0.3) is 0 Å². The summed E-state index contributed by atoms with van der Waals surface area (Å²) >= 11 is 0. The maximum absolute atomic E-state index is 13.4. The minimum absolute atomic E-state index is 0.237.